The number of aryl methyl sites for hydroxylation is 1. The van der Waals surface area contributed by atoms with Crippen LogP contribution in [0.2, 0.25) is 5.02 Å². The fourth-order valence-corrected chi connectivity index (χ4v) is 2.96. The highest BCUT2D eigenvalue weighted by atomic mass is 35.5. The van der Waals surface area contributed by atoms with Gasteiger partial charge in [0.1, 0.15) is 5.01 Å². The molecule has 0 unspecified atom stereocenters. The number of benzene rings is 1. The zero-order valence-electron chi connectivity index (χ0n) is 9.72. The molecular weight excluding hydrogens is 268 g/mol. The molecule has 0 atom stereocenters. The van der Waals surface area contributed by atoms with Crippen LogP contribution in [0.15, 0.2) is 23.6 Å². The van der Waals surface area contributed by atoms with Crippen LogP contribution in [0.25, 0.3) is 11.0 Å². The number of hydrogen-bond acceptors (Lipinski definition) is 4. The molecule has 3 aromatic rings. The van der Waals surface area contributed by atoms with Crippen molar-refractivity contribution in [1.82, 2.24) is 14.5 Å². The Kier molecular flexibility index (Phi) is 2.72. The van der Waals surface area contributed by atoms with Gasteiger partial charge in [-0.2, -0.15) is 0 Å². The minimum Gasteiger partial charge on any atom is -0.369 e. The van der Waals surface area contributed by atoms with Crippen molar-refractivity contribution in [2.45, 2.75) is 13.5 Å². The average molecular weight is 279 g/mol. The van der Waals surface area contributed by atoms with E-state index in [1.807, 2.05) is 35.1 Å². The minimum atomic E-state index is 0.464. The zero-order chi connectivity index (χ0) is 12.7. The molecule has 0 bridgehead atoms. The van der Waals surface area contributed by atoms with Crippen LogP contribution in [0, 0.1) is 6.92 Å². The standard InChI is InChI=1S/C12H11ClN4S/c1-7-6-18-10(15-7)5-17-11-8(13)3-2-4-9(11)16-12(17)14/h2-4,6H,5H2,1H3,(H2,14,16). The lowest BCUT2D eigenvalue weighted by atomic mass is 10.3. The first-order valence-electron chi connectivity index (χ1n) is 5.46. The largest absolute Gasteiger partial charge is 0.369 e. The Morgan fingerprint density at radius 1 is 1.39 bits per heavy atom. The van der Waals surface area contributed by atoms with Gasteiger partial charge in [-0.25, -0.2) is 9.97 Å². The number of rotatable bonds is 2. The summed E-state index contributed by atoms with van der Waals surface area (Å²) >= 11 is 7.83. The van der Waals surface area contributed by atoms with Gasteiger partial charge in [0.2, 0.25) is 5.95 Å². The smallest absolute Gasteiger partial charge is 0.201 e. The quantitative estimate of drug-likeness (QED) is 0.784. The number of anilines is 1. The maximum atomic E-state index is 6.21. The summed E-state index contributed by atoms with van der Waals surface area (Å²) in [5.41, 5.74) is 8.64. The molecule has 6 heteroatoms. The number of nitrogen functional groups attached to an aromatic ring is 1. The number of thiazole rings is 1. The summed E-state index contributed by atoms with van der Waals surface area (Å²) in [6, 6.07) is 5.62. The highest BCUT2D eigenvalue weighted by molar-refractivity contribution is 7.09. The minimum absolute atomic E-state index is 0.464. The third kappa shape index (κ3) is 1.85. The Morgan fingerprint density at radius 2 is 2.22 bits per heavy atom. The molecule has 0 amide bonds. The Bertz CT molecular complexity index is 716. The van der Waals surface area contributed by atoms with Gasteiger partial charge >= 0.3 is 0 Å². The molecule has 2 aromatic heterocycles. The number of imidazole rings is 1. The molecule has 18 heavy (non-hydrogen) atoms. The second-order valence-corrected chi connectivity index (χ2v) is 5.40. The van der Waals surface area contributed by atoms with E-state index in [1.54, 1.807) is 11.3 Å². The number of hydrogen-bond donors (Lipinski definition) is 1. The van der Waals surface area contributed by atoms with Crippen molar-refractivity contribution in [3.8, 4) is 0 Å². The van der Waals surface area contributed by atoms with E-state index in [0.29, 0.717) is 17.5 Å². The predicted octanol–water partition coefficient (Wildman–Crippen LogP) is 3.09. The fourth-order valence-electron chi connectivity index (χ4n) is 1.93. The molecular formula is C12H11ClN4S. The molecule has 92 valence electrons. The molecule has 3 rings (SSSR count). The molecule has 4 nitrogen and oxygen atoms in total. The molecule has 0 radical (unpaired) electrons. The van der Waals surface area contributed by atoms with Crippen LogP contribution >= 0.6 is 22.9 Å². The van der Waals surface area contributed by atoms with Gasteiger partial charge < -0.3 is 10.3 Å². The van der Waals surface area contributed by atoms with Crippen LogP contribution in [0.1, 0.15) is 10.7 Å². The van der Waals surface area contributed by atoms with Crippen LogP contribution in [0.4, 0.5) is 5.95 Å². The SMILES string of the molecule is Cc1csc(Cn2c(N)nc3cccc(Cl)c32)n1. The van der Waals surface area contributed by atoms with Crippen molar-refractivity contribution in [2.75, 3.05) is 5.73 Å². The second kappa shape index (κ2) is 4.26. The van der Waals surface area contributed by atoms with Crippen LogP contribution in [-0.4, -0.2) is 14.5 Å². The lowest BCUT2D eigenvalue weighted by Gasteiger charge is -2.04. The highest BCUT2D eigenvalue weighted by Crippen LogP contribution is 2.26. The third-order valence-electron chi connectivity index (χ3n) is 2.71. The topological polar surface area (TPSA) is 56.7 Å². The van der Waals surface area contributed by atoms with Gasteiger partial charge in [-0.3, -0.25) is 0 Å². The summed E-state index contributed by atoms with van der Waals surface area (Å²) in [7, 11) is 0. The number of nitrogens with zero attached hydrogens (tertiary/aromatic N) is 3. The van der Waals surface area contributed by atoms with Crippen LogP contribution in [0.5, 0.6) is 0 Å². The lowest BCUT2D eigenvalue weighted by molar-refractivity contribution is 0.826. The lowest BCUT2D eigenvalue weighted by Crippen LogP contribution is -2.04. The van der Waals surface area contributed by atoms with Crippen LogP contribution in [0.3, 0.4) is 0 Å². The second-order valence-electron chi connectivity index (χ2n) is 4.05. The monoisotopic (exact) mass is 278 g/mol. The van der Waals surface area contributed by atoms with Crippen molar-refractivity contribution < 1.29 is 0 Å². The molecule has 1 aromatic carbocycles. The summed E-state index contributed by atoms with van der Waals surface area (Å²) < 4.78 is 1.90. The van der Waals surface area contributed by atoms with E-state index in [1.165, 1.54) is 0 Å². The van der Waals surface area contributed by atoms with E-state index in [-0.39, 0.29) is 0 Å². The van der Waals surface area contributed by atoms with Crippen molar-refractivity contribution in [3.05, 3.63) is 39.3 Å². The number of halogens is 1. The van der Waals surface area contributed by atoms with Gasteiger partial charge in [-0.1, -0.05) is 17.7 Å². The van der Waals surface area contributed by atoms with Gasteiger partial charge in [0.25, 0.3) is 0 Å². The van der Waals surface area contributed by atoms with E-state index >= 15 is 0 Å². The molecule has 0 aliphatic heterocycles. The van der Waals surface area contributed by atoms with Crippen LogP contribution in [-0.2, 0) is 6.54 Å². The van der Waals surface area contributed by atoms with Crippen molar-refractivity contribution in [2.24, 2.45) is 0 Å². The summed E-state index contributed by atoms with van der Waals surface area (Å²) in [6.07, 6.45) is 0. The molecule has 0 spiro atoms. The Balaban J connectivity index is 2.13. The van der Waals surface area contributed by atoms with E-state index in [0.717, 1.165) is 21.7 Å². The Labute approximate surface area is 113 Å². The summed E-state index contributed by atoms with van der Waals surface area (Å²) in [5, 5.41) is 3.68. The van der Waals surface area contributed by atoms with E-state index in [9.17, 15) is 0 Å². The van der Waals surface area contributed by atoms with Gasteiger partial charge in [-0.15, -0.1) is 11.3 Å². The molecule has 0 fully saturated rings. The maximum absolute atomic E-state index is 6.21. The summed E-state index contributed by atoms with van der Waals surface area (Å²) in [4.78, 5) is 8.74. The first kappa shape index (κ1) is 11.5. The third-order valence-corrected chi connectivity index (χ3v) is 3.96. The Hall–Kier alpha value is -1.59. The molecule has 0 aliphatic rings. The van der Waals surface area contributed by atoms with Crippen molar-refractivity contribution in [1.29, 1.82) is 0 Å². The Morgan fingerprint density at radius 3 is 2.94 bits per heavy atom. The maximum Gasteiger partial charge on any atom is 0.201 e. The average Bonchev–Trinajstić information content (AvgIpc) is 2.85. The highest BCUT2D eigenvalue weighted by Gasteiger charge is 2.12. The first-order chi connectivity index (χ1) is 8.65. The fraction of sp³-hybridized carbons (Fsp3) is 0.167. The normalized spacial score (nSPS) is 11.2. The van der Waals surface area contributed by atoms with Gasteiger partial charge in [-0.05, 0) is 19.1 Å². The van der Waals surface area contributed by atoms with E-state index in [2.05, 4.69) is 9.97 Å². The van der Waals surface area contributed by atoms with Gasteiger partial charge in [0.15, 0.2) is 0 Å². The number of fused-ring (bicyclic) bond motifs is 1. The number of aromatic nitrogens is 3. The van der Waals surface area contributed by atoms with E-state index in [4.69, 9.17) is 17.3 Å². The van der Waals surface area contributed by atoms with Gasteiger partial charge in [0, 0.05) is 11.1 Å². The van der Waals surface area contributed by atoms with Gasteiger partial charge in [0.05, 0.1) is 22.6 Å². The molecule has 0 saturated heterocycles. The van der Waals surface area contributed by atoms with Crippen LogP contribution < -0.4 is 5.73 Å². The molecule has 0 saturated carbocycles. The number of nitrogens with two attached hydrogens (primary N) is 1. The van der Waals surface area contributed by atoms with E-state index < -0.39 is 0 Å². The molecule has 2 N–H and O–H groups in total. The van der Waals surface area contributed by atoms with Crippen molar-refractivity contribution in [3.63, 3.8) is 0 Å². The molecule has 0 aliphatic carbocycles. The number of para-hydroxylation sites is 1. The first-order valence-corrected chi connectivity index (χ1v) is 6.72. The molecule has 2 heterocycles. The zero-order valence-corrected chi connectivity index (χ0v) is 11.3. The van der Waals surface area contributed by atoms with Crippen molar-refractivity contribution >= 4 is 39.9 Å². The summed E-state index contributed by atoms with van der Waals surface area (Å²) in [5.74, 6) is 0.464. The predicted molar refractivity (Wildman–Crippen MR) is 75.1 cm³/mol. The summed E-state index contributed by atoms with van der Waals surface area (Å²) in [6.45, 7) is 2.58.